The summed E-state index contributed by atoms with van der Waals surface area (Å²) in [7, 11) is -2.45. The summed E-state index contributed by atoms with van der Waals surface area (Å²) < 4.78 is 46.5. The van der Waals surface area contributed by atoms with Gasteiger partial charge in [-0.1, -0.05) is 0 Å². The van der Waals surface area contributed by atoms with Gasteiger partial charge in [0.1, 0.15) is 5.75 Å². The van der Waals surface area contributed by atoms with Crippen LogP contribution in [0.25, 0.3) is 11.1 Å². The Labute approximate surface area is 234 Å². The summed E-state index contributed by atoms with van der Waals surface area (Å²) in [6.07, 6.45) is -0.785. The summed E-state index contributed by atoms with van der Waals surface area (Å²) in [5, 5.41) is 8.99. The average Bonchev–Trinajstić information content (AvgIpc) is 3.55. The Morgan fingerprint density at radius 2 is 1.36 bits per heavy atom. The van der Waals surface area contributed by atoms with Crippen molar-refractivity contribution in [2.24, 2.45) is 0 Å². The minimum absolute atomic E-state index is 0.164. The van der Waals surface area contributed by atoms with Crippen LogP contribution >= 0.6 is 0 Å². The van der Waals surface area contributed by atoms with Crippen molar-refractivity contribution >= 4 is 45.1 Å². The van der Waals surface area contributed by atoms with Crippen LogP contribution in [0.5, 0.6) is 17.2 Å². The Hall–Kier alpha value is -3.55. The van der Waals surface area contributed by atoms with E-state index in [2.05, 4.69) is 24.3 Å². The monoisotopic (exact) mass is 606 g/mol. The Bertz CT molecular complexity index is 1600. The van der Waals surface area contributed by atoms with Crippen molar-refractivity contribution in [1.29, 1.82) is 0 Å². The molecule has 4 aromatic carbocycles. The van der Waals surface area contributed by atoms with Crippen LogP contribution in [0.4, 0.5) is 0 Å². The number of benzene rings is 4. The number of phenolic OH excluding ortho intramolecular Hbond substituents is 1. The second-order valence-corrected chi connectivity index (χ2v) is 13.5. The van der Waals surface area contributed by atoms with Crippen molar-refractivity contribution in [1.82, 2.24) is 0 Å². The fourth-order valence-corrected chi connectivity index (χ4v) is 8.32. The molecule has 0 saturated carbocycles. The van der Waals surface area contributed by atoms with Crippen LogP contribution in [0.2, 0.25) is 0 Å². The molecule has 2 heterocycles. The molecule has 39 heavy (non-hydrogen) atoms. The second kappa shape index (κ2) is 10.5. The molecule has 198 valence electrons. The molecule has 0 amide bonds. The third kappa shape index (κ3) is 5.21. The van der Waals surface area contributed by atoms with Gasteiger partial charge in [-0.15, -0.1) is 0 Å². The van der Waals surface area contributed by atoms with Crippen molar-refractivity contribution in [3.8, 4) is 17.2 Å². The van der Waals surface area contributed by atoms with Gasteiger partial charge in [0.2, 0.25) is 0 Å². The molecule has 0 spiro atoms. The zero-order valence-electron chi connectivity index (χ0n) is 21.1. The first-order valence-corrected chi connectivity index (χ1v) is 15.7. The first kappa shape index (κ1) is 25.7. The molecule has 2 aliphatic heterocycles. The maximum atomic E-state index is 13.5. The summed E-state index contributed by atoms with van der Waals surface area (Å²) in [6.45, 7) is 0. The molecule has 4 aromatic rings. The maximum absolute atomic E-state index is 13.5. The van der Waals surface area contributed by atoms with Crippen molar-refractivity contribution in [2.75, 3.05) is 7.11 Å². The van der Waals surface area contributed by atoms with Crippen LogP contribution in [-0.4, -0.2) is 53.0 Å². The number of fused-ring (bicyclic) bond motifs is 2. The Balaban J connectivity index is 1.34. The first-order valence-electron chi connectivity index (χ1n) is 12.5. The van der Waals surface area contributed by atoms with Gasteiger partial charge in [0.15, 0.2) is 0 Å². The number of aromatic hydroxyl groups is 1. The van der Waals surface area contributed by atoms with Gasteiger partial charge in [-0.3, -0.25) is 0 Å². The molecule has 6 nitrogen and oxygen atoms in total. The van der Waals surface area contributed by atoms with Gasteiger partial charge in [0, 0.05) is 0 Å². The molecular formula is C31H26O6SSe. The van der Waals surface area contributed by atoms with E-state index in [4.69, 9.17) is 13.7 Å². The number of methoxy groups -OCH3 is 1. The molecule has 1 N–H and O–H groups in total. The average molecular weight is 606 g/mol. The number of phenols is 1. The second-order valence-electron chi connectivity index (χ2n) is 9.38. The summed E-state index contributed by atoms with van der Waals surface area (Å²) >= 11 is 0.164. The number of ether oxygens (including phenoxy) is 2. The van der Waals surface area contributed by atoms with Gasteiger partial charge >= 0.3 is 217 Å². The predicted molar refractivity (Wildman–Crippen MR) is 152 cm³/mol. The zero-order chi connectivity index (χ0) is 27.0. The zero-order valence-corrected chi connectivity index (χ0v) is 23.6. The van der Waals surface area contributed by atoms with Crippen molar-refractivity contribution in [3.63, 3.8) is 0 Å². The standard InChI is InChI=1S/C31H26O6SSe/c1-35-23-13-15-24(16-14-23)37-38(33,34)28-19-27-29(20-7-11-22(32)12-8-20)30(31(28)36-27)21-9-17-26(18-10-21)39-25-5-3-2-4-6-25/h2-18,27-28,31-32H,19H2,1H3. The van der Waals surface area contributed by atoms with Gasteiger partial charge in [-0.2, -0.15) is 0 Å². The molecule has 2 bridgehead atoms. The molecule has 0 aromatic heterocycles. The summed E-state index contributed by atoms with van der Waals surface area (Å²) in [4.78, 5) is 0. The van der Waals surface area contributed by atoms with E-state index >= 15 is 0 Å². The van der Waals surface area contributed by atoms with Crippen LogP contribution in [0.15, 0.2) is 103 Å². The molecule has 0 radical (unpaired) electrons. The Morgan fingerprint density at radius 3 is 2.03 bits per heavy atom. The quantitative estimate of drug-likeness (QED) is 0.242. The van der Waals surface area contributed by atoms with Crippen LogP contribution in [-0.2, 0) is 14.9 Å². The molecule has 3 atom stereocenters. The predicted octanol–water partition coefficient (Wildman–Crippen LogP) is 3.92. The molecule has 2 aliphatic rings. The summed E-state index contributed by atoms with van der Waals surface area (Å²) in [5.74, 6) is 1.02. The van der Waals surface area contributed by atoms with E-state index in [1.807, 2.05) is 42.5 Å². The van der Waals surface area contributed by atoms with E-state index in [1.165, 1.54) is 8.92 Å². The van der Waals surface area contributed by atoms with Crippen LogP contribution < -0.4 is 17.8 Å². The molecule has 3 unspecified atom stereocenters. The third-order valence-corrected chi connectivity index (χ3v) is 10.7. The normalized spacial score (nSPS) is 20.3. The summed E-state index contributed by atoms with van der Waals surface area (Å²) in [6, 6.07) is 32.1. The topological polar surface area (TPSA) is 82.1 Å². The van der Waals surface area contributed by atoms with Crippen molar-refractivity contribution in [2.45, 2.75) is 23.9 Å². The van der Waals surface area contributed by atoms with Crippen molar-refractivity contribution < 1.29 is 27.2 Å². The van der Waals surface area contributed by atoms with Crippen LogP contribution in [0, 0.1) is 0 Å². The molecular weight excluding hydrogens is 579 g/mol. The number of rotatable bonds is 8. The molecule has 1 saturated heterocycles. The van der Waals surface area contributed by atoms with Gasteiger partial charge < -0.3 is 4.74 Å². The molecule has 6 rings (SSSR count). The first-order chi connectivity index (χ1) is 18.9. The van der Waals surface area contributed by atoms with E-state index in [0.717, 1.165) is 22.3 Å². The van der Waals surface area contributed by atoms with E-state index in [-0.39, 0.29) is 32.9 Å². The third-order valence-electron chi connectivity index (χ3n) is 6.96. The van der Waals surface area contributed by atoms with Crippen LogP contribution in [0.1, 0.15) is 17.5 Å². The van der Waals surface area contributed by atoms with E-state index in [1.54, 1.807) is 43.5 Å². The van der Waals surface area contributed by atoms with Gasteiger partial charge in [0.25, 0.3) is 0 Å². The Morgan fingerprint density at radius 1 is 0.769 bits per heavy atom. The van der Waals surface area contributed by atoms with E-state index in [9.17, 15) is 13.5 Å². The molecule has 0 aliphatic carbocycles. The molecule has 8 heteroatoms. The van der Waals surface area contributed by atoms with Gasteiger partial charge in [0.05, 0.1) is 7.11 Å². The van der Waals surface area contributed by atoms with Crippen LogP contribution in [0.3, 0.4) is 0 Å². The van der Waals surface area contributed by atoms with Crippen molar-refractivity contribution in [3.05, 3.63) is 114 Å². The van der Waals surface area contributed by atoms with E-state index < -0.39 is 27.6 Å². The fourth-order valence-electron chi connectivity index (χ4n) is 5.15. The molecule has 1 fully saturated rings. The van der Waals surface area contributed by atoms with Gasteiger partial charge in [-0.25, -0.2) is 0 Å². The fraction of sp³-hybridized carbons (Fsp3) is 0.161. The van der Waals surface area contributed by atoms with Gasteiger partial charge in [-0.05, 0) is 0 Å². The van der Waals surface area contributed by atoms with E-state index in [0.29, 0.717) is 5.75 Å². The number of hydrogen-bond acceptors (Lipinski definition) is 6. The SMILES string of the molecule is COc1ccc(OS(=O)(=O)C2CC3OC2C(c2ccc([Se]c4ccccc4)cc2)=C3c2ccc(O)cc2)cc1. The minimum atomic E-state index is -4.00. The number of hydrogen-bond donors (Lipinski definition) is 1. The summed E-state index contributed by atoms with van der Waals surface area (Å²) in [5.41, 5.74) is 3.63. The Kier molecular flexibility index (Phi) is 6.95.